The average molecular weight is 200 g/mol. The second-order valence-corrected chi connectivity index (χ2v) is 0. The number of hydrogen-bond donors (Lipinski definition) is 0. The molecule has 0 aliphatic carbocycles. The summed E-state index contributed by atoms with van der Waals surface area (Å²) in [5.41, 5.74) is 0. The summed E-state index contributed by atoms with van der Waals surface area (Å²) >= 11 is 0. The van der Waals surface area contributed by atoms with Crippen molar-refractivity contribution in [2.45, 2.75) is 0 Å². The van der Waals surface area contributed by atoms with Crippen LogP contribution in [0, 0.1) is 0 Å². The van der Waals surface area contributed by atoms with Crippen LogP contribution in [0.1, 0.15) is 0 Å². The molecule has 0 bridgehead atoms. The van der Waals surface area contributed by atoms with E-state index < -0.39 is 0 Å². The molecule has 0 spiro atoms. The molecule has 4 heavy (non-hydrogen) atoms. The van der Waals surface area contributed by atoms with E-state index in [1.807, 2.05) is 0 Å². The summed E-state index contributed by atoms with van der Waals surface area (Å²) in [6.45, 7) is 0. The molecule has 0 fully saturated rings. The summed E-state index contributed by atoms with van der Waals surface area (Å²) < 4.78 is 0. The van der Waals surface area contributed by atoms with Crippen molar-refractivity contribution in [2.75, 3.05) is 0 Å². The Morgan fingerprint density at radius 1 is 0.750 bits per heavy atom. The molecular formula is Cl2CuZn+2. The first-order valence-corrected chi connectivity index (χ1v) is 0. The standard InChI is InChI=1S/2ClH.Cu.Zn/h2*1H;;/q;;2*+2/p-2. The third kappa shape index (κ3) is 9.30. The van der Waals surface area contributed by atoms with Gasteiger partial charge < -0.3 is 24.8 Å². The minimum atomic E-state index is 0. The van der Waals surface area contributed by atoms with E-state index in [-0.39, 0.29) is 61.4 Å². The monoisotopic (exact) mass is 197 g/mol. The maximum Gasteiger partial charge on any atom is 2.00 e. The van der Waals surface area contributed by atoms with E-state index >= 15 is 0 Å². The van der Waals surface area contributed by atoms with Crippen molar-refractivity contribution >= 4 is 0 Å². The Bertz CT molecular complexity index is 6.00. The van der Waals surface area contributed by atoms with Gasteiger partial charge in [0.1, 0.15) is 0 Å². The van der Waals surface area contributed by atoms with Gasteiger partial charge in [-0.3, -0.25) is 0 Å². The molecule has 0 amide bonds. The molecule has 25 valence electrons. The molecule has 0 N–H and O–H groups in total. The molecule has 0 aliphatic heterocycles. The fraction of sp³-hybridized carbons (Fsp3) is 0. The third-order valence-corrected chi connectivity index (χ3v) is 0. The van der Waals surface area contributed by atoms with Gasteiger partial charge in [-0.15, -0.1) is 0 Å². The predicted molar refractivity (Wildman–Crippen MR) is 0 cm³/mol. The van der Waals surface area contributed by atoms with Crippen LogP contribution in [0.25, 0.3) is 0 Å². The van der Waals surface area contributed by atoms with Crippen LogP contribution in [0.3, 0.4) is 0 Å². The summed E-state index contributed by atoms with van der Waals surface area (Å²) in [5.74, 6) is 0. The van der Waals surface area contributed by atoms with Crippen molar-refractivity contribution in [2.24, 2.45) is 0 Å². The van der Waals surface area contributed by atoms with Crippen LogP contribution in [0.5, 0.6) is 0 Å². The van der Waals surface area contributed by atoms with Gasteiger partial charge in [0.25, 0.3) is 0 Å². The first-order valence-electron chi connectivity index (χ1n) is 0. The summed E-state index contributed by atoms with van der Waals surface area (Å²) in [6, 6.07) is 0. The molecule has 0 heterocycles. The summed E-state index contributed by atoms with van der Waals surface area (Å²) in [5, 5.41) is 0. The van der Waals surface area contributed by atoms with Crippen LogP contribution in [-0.2, 0) is 36.5 Å². The van der Waals surface area contributed by atoms with Gasteiger partial charge >= 0.3 is 36.5 Å². The Balaban J connectivity index is 0. The Labute approximate surface area is 61.2 Å². The van der Waals surface area contributed by atoms with E-state index in [2.05, 4.69) is 0 Å². The summed E-state index contributed by atoms with van der Waals surface area (Å²) in [4.78, 5) is 0. The number of rotatable bonds is 0. The van der Waals surface area contributed by atoms with Crippen molar-refractivity contribution in [3.63, 3.8) is 0 Å². The fourth-order valence-corrected chi connectivity index (χ4v) is 0. The average Bonchev–Trinajstić information content (AvgIpc) is 0. The largest absolute Gasteiger partial charge is 2.00 e. The Morgan fingerprint density at radius 2 is 0.750 bits per heavy atom. The molecular weight excluding hydrogens is 200 g/mol. The molecule has 0 rings (SSSR count). The summed E-state index contributed by atoms with van der Waals surface area (Å²) in [6.07, 6.45) is 0. The van der Waals surface area contributed by atoms with E-state index in [1.54, 1.807) is 0 Å². The van der Waals surface area contributed by atoms with Gasteiger partial charge in [0, 0.05) is 0 Å². The van der Waals surface area contributed by atoms with Crippen molar-refractivity contribution in [1.82, 2.24) is 0 Å². The molecule has 0 saturated heterocycles. The molecule has 1 radical (unpaired) electrons. The number of hydrogen-bond acceptors (Lipinski definition) is 0. The van der Waals surface area contributed by atoms with E-state index in [1.165, 1.54) is 0 Å². The smallest absolute Gasteiger partial charge is 1.00 e. The summed E-state index contributed by atoms with van der Waals surface area (Å²) in [7, 11) is 0. The molecule has 0 aromatic carbocycles. The van der Waals surface area contributed by atoms with Gasteiger partial charge in [-0.2, -0.15) is 0 Å². The van der Waals surface area contributed by atoms with Crippen molar-refractivity contribution in [1.29, 1.82) is 0 Å². The van der Waals surface area contributed by atoms with Crippen LogP contribution >= 0.6 is 0 Å². The van der Waals surface area contributed by atoms with Crippen LogP contribution in [0.4, 0.5) is 0 Å². The van der Waals surface area contributed by atoms with Gasteiger partial charge in [-0.1, -0.05) is 0 Å². The third-order valence-electron chi connectivity index (χ3n) is 0. The van der Waals surface area contributed by atoms with Gasteiger partial charge in [-0.25, -0.2) is 0 Å². The van der Waals surface area contributed by atoms with Crippen molar-refractivity contribution < 1.29 is 61.4 Å². The molecule has 0 atom stereocenters. The van der Waals surface area contributed by atoms with E-state index in [4.69, 9.17) is 0 Å². The Hall–Kier alpha value is 1.72. The second-order valence-electron chi connectivity index (χ2n) is 0. The van der Waals surface area contributed by atoms with Crippen LogP contribution in [0.15, 0.2) is 0 Å². The first kappa shape index (κ1) is 43.0. The molecule has 0 aliphatic rings. The molecule has 0 aromatic rings. The maximum atomic E-state index is 0. The minimum Gasteiger partial charge on any atom is -1.00 e. The maximum absolute atomic E-state index is 0. The zero-order valence-corrected chi connectivity index (χ0v) is 7.19. The molecule has 0 saturated carbocycles. The first-order chi connectivity index (χ1) is 0. The predicted octanol–water partition coefficient (Wildman–Crippen LogP) is -6.00. The van der Waals surface area contributed by atoms with Crippen molar-refractivity contribution in [3.8, 4) is 0 Å². The van der Waals surface area contributed by atoms with E-state index in [0.717, 1.165) is 0 Å². The van der Waals surface area contributed by atoms with E-state index in [0.29, 0.717) is 0 Å². The van der Waals surface area contributed by atoms with Crippen LogP contribution < -0.4 is 24.8 Å². The quantitative estimate of drug-likeness (QED) is 0.341. The fourth-order valence-electron chi connectivity index (χ4n) is 0. The van der Waals surface area contributed by atoms with Crippen LogP contribution in [0.2, 0.25) is 0 Å². The molecule has 4 heteroatoms. The Morgan fingerprint density at radius 3 is 0.750 bits per heavy atom. The zero-order valence-electron chi connectivity index (χ0n) is 1.76. The van der Waals surface area contributed by atoms with Gasteiger partial charge in [0.05, 0.1) is 0 Å². The van der Waals surface area contributed by atoms with Crippen LogP contribution in [-0.4, -0.2) is 0 Å². The molecule has 0 unspecified atom stereocenters. The van der Waals surface area contributed by atoms with Gasteiger partial charge in [0.15, 0.2) is 0 Å². The second kappa shape index (κ2) is 22.1. The van der Waals surface area contributed by atoms with Gasteiger partial charge in [-0.05, 0) is 0 Å². The number of halogens is 2. The Kier molecular flexibility index (Phi) is 237. The van der Waals surface area contributed by atoms with Gasteiger partial charge in [0.2, 0.25) is 0 Å². The van der Waals surface area contributed by atoms with E-state index in [9.17, 15) is 0 Å². The van der Waals surface area contributed by atoms with Crippen molar-refractivity contribution in [3.05, 3.63) is 0 Å². The SMILES string of the molecule is [Cl-].[Cl-].[Cu+2].[Zn+2]. The molecule has 0 aromatic heterocycles. The zero-order chi connectivity index (χ0) is 0. The molecule has 0 nitrogen and oxygen atoms in total. The normalized spacial score (nSPS) is 0. The minimum absolute atomic E-state index is 0. The topological polar surface area (TPSA) is 0 Å².